The smallest absolute Gasteiger partial charge is 0.0000691 e. The number of hydrogen-bond acceptors (Lipinski definition) is 0. The quantitative estimate of drug-likeness (QED) is 0.305. The van der Waals surface area contributed by atoms with E-state index < -0.39 is 0 Å². The first-order valence-electron chi connectivity index (χ1n) is 2.86. The van der Waals surface area contributed by atoms with Crippen LogP contribution in [0.4, 0.5) is 0 Å². The van der Waals surface area contributed by atoms with Gasteiger partial charge >= 0.3 is 0 Å². The average molecular weight is 120 g/mol. The zero-order valence-electron chi connectivity index (χ0n) is 5.91. The molecule has 0 spiro atoms. The van der Waals surface area contributed by atoms with Crippen LogP contribution in [0.25, 0.3) is 0 Å². The van der Waals surface area contributed by atoms with Gasteiger partial charge in [0.25, 0.3) is 0 Å². The Bertz CT molecular complexity index is 166. The highest BCUT2D eigenvalue weighted by Gasteiger charge is 1.87. The predicted molar refractivity (Wildman–Crippen MR) is 42.3 cm³/mol. The lowest BCUT2D eigenvalue weighted by Gasteiger charge is -1.94. The zero-order valence-corrected chi connectivity index (χ0v) is 5.91. The van der Waals surface area contributed by atoms with Gasteiger partial charge in [0, 0.05) is 6.42 Å². The van der Waals surface area contributed by atoms with Crippen LogP contribution >= 0.6 is 0 Å². The van der Waals surface area contributed by atoms with Crippen molar-refractivity contribution >= 4 is 0 Å². The molecule has 0 aliphatic heterocycles. The molecule has 0 amide bonds. The first-order chi connectivity index (χ1) is 4.20. The monoisotopic (exact) mass is 120 g/mol. The van der Waals surface area contributed by atoms with Crippen LogP contribution in [0.2, 0.25) is 0 Å². The van der Waals surface area contributed by atoms with Crippen molar-refractivity contribution in [3.8, 4) is 0 Å². The van der Waals surface area contributed by atoms with E-state index in [0.29, 0.717) is 0 Å². The zero-order chi connectivity index (χ0) is 7.28. The SMILES string of the molecule is C=C=C(C=C)CC(=C)C. The largest absolute Gasteiger partial charge is 0.125 e. The van der Waals surface area contributed by atoms with E-state index in [2.05, 4.69) is 25.5 Å². The molecule has 0 heteroatoms. The summed E-state index contributed by atoms with van der Waals surface area (Å²) in [6.45, 7) is 12.8. The van der Waals surface area contributed by atoms with Crippen LogP contribution in [0.15, 0.2) is 42.7 Å². The molecule has 0 saturated carbocycles. The van der Waals surface area contributed by atoms with E-state index in [0.717, 1.165) is 17.6 Å². The van der Waals surface area contributed by atoms with Gasteiger partial charge in [-0.1, -0.05) is 31.4 Å². The van der Waals surface area contributed by atoms with Crippen LogP contribution in [0, 0.1) is 0 Å². The lowest BCUT2D eigenvalue weighted by atomic mass is 10.1. The van der Waals surface area contributed by atoms with E-state index in [9.17, 15) is 0 Å². The van der Waals surface area contributed by atoms with E-state index in [1.807, 2.05) is 6.92 Å². The van der Waals surface area contributed by atoms with Gasteiger partial charge < -0.3 is 0 Å². The number of hydrogen-bond donors (Lipinski definition) is 0. The standard InChI is InChI=1S/C9H12/c1-5-9(6-2)7-8(3)4/h5H,1-3,7H2,4H3. The van der Waals surface area contributed by atoms with E-state index in [1.54, 1.807) is 6.08 Å². The first kappa shape index (κ1) is 8.00. The molecule has 0 nitrogen and oxygen atoms in total. The lowest BCUT2D eigenvalue weighted by molar-refractivity contribution is 1.17. The summed E-state index contributed by atoms with van der Waals surface area (Å²) in [5.74, 6) is 0. The average Bonchev–Trinajstić information content (AvgIpc) is 1.82. The van der Waals surface area contributed by atoms with Gasteiger partial charge in [0.15, 0.2) is 0 Å². The van der Waals surface area contributed by atoms with Crippen molar-refractivity contribution in [2.45, 2.75) is 13.3 Å². The van der Waals surface area contributed by atoms with Gasteiger partial charge in [-0.05, 0) is 12.5 Å². The van der Waals surface area contributed by atoms with Crippen LogP contribution in [-0.2, 0) is 0 Å². The molecule has 0 fully saturated rings. The Hall–Kier alpha value is -1.00. The molecule has 0 aromatic heterocycles. The molecular formula is C9H12. The molecule has 0 rings (SSSR count). The molecule has 48 valence electrons. The van der Waals surface area contributed by atoms with Crippen molar-refractivity contribution < 1.29 is 0 Å². The molecule has 0 aromatic rings. The van der Waals surface area contributed by atoms with Gasteiger partial charge in [0.05, 0.1) is 0 Å². The molecule has 0 aliphatic rings. The molecule has 0 saturated heterocycles. The lowest BCUT2D eigenvalue weighted by Crippen LogP contribution is -1.75. The fourth-order valence-electron chi connectivity index (χ4n) is 0.532. The van der Waals surface area contributed by atoms with Crippen LogP contribution < -0.4 is 0 Å². The second-order valence-corrected chi connectivity index (χ2v) is 2.04. The maximum Gasteiger partial charge on any atom is 0.0000691 e. The maximum absolute atomic E-state index is 3.75. The molecule has 0 N–H and O–H groups in total. The Balaban J connectivity index is 4.02. The van der Waals surface area contributed by atoms with Crippen LogP contribution in [-0.4, -0.2) is 0 Å². The third-order valence-corrected chi connectivity index (χ3v) is 0.966. The van der Waals surface area contributed by atoms with E-state index >= 15 is 0 Å². The van der Waals surface area contributed by atoms with Gasteiger partial charge in [0.1, 0.15) is 0 Å². The normalized spacial score (nSPS) is 7.67. The third-order valence-electron chi connectivity index (χ3n) is 0.966. The maximum atomic E-state index is 3.75. The Labute approximate surface area is 56.9 Å². The van der Waals surface area contributed by atoms with Crippen molar-refractivity contribution in [2.24, 2.45) is 0 Å². The first-order valence-corrected chi connectivity index (χ1v) is 2.86. The van der Waals surface area contributed by atoms with Crippen LogP contribution in [0.3, 0.4) is 0 Å². The summed E-state index contributed by atoms with van der Waals surface area (Å²) in [5, 5.41) is 0. The van der Waals surface area contributed by atoms with Gasteiger partial charge in [-0.15, -0.1) is 5.73 Å². The summed E-state index contributed by atoms with van der Waals surface area (Å²) >= 11 is 0. The minimum atomic E-state index is 0.840. The second kappa shape index (κ2) is 3.94. The third kappa shape index (κ3) is 3.57. The summed E-state index contributed by atoms with van der Waals surface area (Å²) in [4.78, 5) is 0. The van der Waals surface area contributed by atoms with Crippen molar-refractivity contribution in [3.05, 3.63) is 42.7 Å². The van der Waals surface area contributed by atoms with Gasteiger partial charge in [-0.25, -0.2) is 0 Å². The molecule has 0 atom stereocenters. The van der Waals surface area contributed by atoms with Gasteiger partial charge in [0.2, 0.25) is 0 Å². The summed E-state index contributed by atoms with van der Waals surface area (Å²) < 4.78 is 0. The Morgan fingerprint density at radius 1 is 1.67 bits per heavy atom. The molecule has 0 aliphatic carbocycles. The molecule has 0 bridgehead atoms. The molecular weight excluding hydrogens is 108 g/mol. The van der Waals surface area contributed by atoms with Gasteiger partial charge in [-0.3, -0.25) is 0 Å². The number of allylic oxidation sites excluding steroid dienone is 3. The van der Waals surface area contributed by atoms with E-state index in [4.69, 9.17) is 0 Å². The highest BCUT2D eigenvalue weighted by molar-refractivity contribution is 5.19. The number of rotatable bonds is 3. The van der Waals surface area contributed by atoms with Crippen molar-refractivity contribution in [2.75, 3.05) is 0 Å². The Morgan fingerprint density at radius 3 is 2.33 bits per heavy atom. The van der Waals surface area contributed by atoms with Crippen molar-refractivity contribution in [1.29, 1.82) is 0 Å². The van der Waals surface area contributed by atoms with Crippen molar-refractivity contribution in [3.63, 3.8) is 0 Å². The Morgan fingerprint density at radius 2 is 2.22 bits per heavy atom. The summed E-state index contributed by atoms with van der Waals surface area (Å²) in [5.41, 5.74) is 4.90. The molecule has 0 unspecified atom stereocenters. The van der Waals surface area contributed by atoms with Crippen LogP contribution in [0.5, 0.6) is 0 Å². The second-order valence-electron chi connectivity index (χ2n) is 2.04. The Kier molecular flexibility index (Phi) is 3.50. The van der Waals surface area contributed by atoms with Crippen molar-refractivity contribution in [1.82, 2.24) is 0 Å². The molecule has 0 aromatic carbocycles. The predicted octanol–water partition coefficient (Wildman–Crippen LogP) is 2.85. The fraction of sp³-hybridized carbons (Fsp3) is 0.222. The van der Waals surface area contributed by atoms with E-state index in [1.165, 1.54) is 0 Å². The molecule has 9 heavy (non-hydrogen) atoms. The fourth-order valence-corrected chi connectivity index (χ4v) is 0.532. The minimum Gasteiger partial charge on any atom is -0.125 e. The van der Waals surface area contributed by atoms with Crippen LogP contribution in [0.1, 0.15) is 13.3 Å². The molecule has 0 heterocycles. The van der Waals surface area contributed by atoms with E-state index in [-0.39, 0.29) is 0 Å². The summed E-state index contributed by atoms with van der Waals surface area (Å²) in [6, 6.07) is 0. The molecule has 0 radical (unpaired) electrons. The topological polar surface area (TPSA) is 0 Å². The summed E-state index contributed by atoms with van der Waals surface area (Å²) in [6.07, 6.45) is 2.59. The van der Waals surface area contributed by atoms with Gasteiger partial charge in [-0.2, -0.15) is 0 Å². The minimum absolute atomic E-state index is 0.840. The highest BCUT2D eigenvalue weighted by Crippen LogP contribution is 2.06. The highest BCUT2D eigenvalue weighted by atomic mass is 13.9. The summed E-state index contributed by atoms with van der Waals surface area (Å²) in [7, 11) is 0.